The van der Waals surface area contributed by atoms with Crippen LogP contribution in [0.1, 0.15) is 37.7 Å². The van der Waals surface area contributed by atoms with Crippen LogP contribution in [-0.4, -0.2) is 18.5 Å². The highest BCUT2D eigenvalue weighted by molar-refractivity contribution is 6.30. The predicted molar refractivity (Wildman–Crippen MR) is 90.0 cm³/mol. The number of hydrogen-bond acceptors (Lipinski definition) is 2. The Hall–Kier alpha value is -0.770. The average molecular weight is 331 g/mol. The first-order chi connectivity index (χ1) is 9.65. The van der Waals surface area contributed by atoms with E-state index in [1.165, 1.54) is 5.56 Å². The Morgan fingerprint density at radius 3 is 2.67 bits per heavy atom. The first-order valence-corrected chi connectivity index (χ1v) is 7.80. The normalized spacial score (nSPS) is 21.4. The summed E-state index contributed by atoms with van der Waals surface area (Å²) >= 11 is 5.85. The molecular formula is C16H24Cl2N2O. The van der Waals surface area contributed by atoms with Crippen LogP contribution in [0.25, 0.3) is 0 Å². The van der Waals surface area contributed by atoms with Crippen molar-refractivity contribution in [2.24, 2.45) is 11.7 Å². The van der Waals surface area contributed by atoms with Crippen LogP contribution >= 0.6 is 24.0 Å². The zero-order valence-electron chi connectivity index (χ0n) is 12.2. The molecule has 5 heteroatoms. The Morgan fingerprint density at radius 1 is 1.29 bits per heavy atom. The number of carbonyl (C=O) groups excluding carboxylic acids is 1. The smallest absolute Gasteiger partial charge is 0.223 e. The molecule has 0 bridgehead atoms. The number of rotatable bonds is 5. The van der Waals surface area contributed by atoms with Gasteiger partial charge in [0, 0.05) is 23.5 Å². The van der Waals surface area contributed by atoms with Gasteiger partial charge in [-0.05, 0) is 49.8 Å². The molecule has 2 unspecified atom stereocenters. The molecule has 2 rings (SSSR count). The van der Waals surface area contributed by atoms with Crippen LogP contribution in [0.2, 0.25) is 5.02 Å². The third kappa shape index (κ3) is 6.25. The monoisotopic (exact) mass is 330 g/mol. The van der Waals surface area contributed by atoms with Gasteiger partial charge in [0.1, 0.15) is 0 Å². The molecule has 1 aromatic rings. The van der Waals surface area contributed by atoms with Crippen molar-refractivity contribution in [3.63, 3.8) is 0 Å². The van der Waals surface area contributed by atoms with E-state index in [9.17, 15) is 4.79 Å². The Balaban J connectivity index is 0.00000220. The molecule has 0 heterocycles. The minimum Gasteiger partial charge on any atom is -0.356 e. The number of carbonyl (C=O) groups is 1. The Bertz CT molecular complexity index is 436. The summed E-state index contributed by atoms with van der Waals surface area (Å²) in [6, 6.07) is 8.07. The summed E-state index contributed by atoms with van der Waals surface area (Å²) in [5.74, 6) is 0.297. The number of aryl methyl sites for hydroxylation is 1. The maximum atomic E-state index is 12.0. The summed E-state index contributed by atoms with van der Waals surface area (Å²) in [4.78, 5) is 12.0. The summed E-state index contributed by atoms with van der Waals surface area (Å²) in [7, 11) is 0. The molecule has 0 radical (unpaired) electrons. The summed E-state index contributed by atoms with van der Waals surface area (Å²) in [5, 5.41) is 3.79. The largest absolute Gasteiger partial charge is 0.356 e. The van der Waals surface area contributed by atoms with Crippen LogP contribution in [0, 0.1) is 5.92 Å². The SMILES string of the molecule is Cl.NC1CCCC(C(=O)NCCCc2ccc(Cl)cc2)C1. The maximum Gasteiger partial charge on any atom is 0.223 e. The lowest BCUT2D eigenvalue weighted by Gasteiger charge is -2.25. The van der Waals surface area contributed by atoms with Gasteiger partial charge in [0.25, 0.3) is 0 Å². The molecule has 0 saturated heterocycles. The Labute approximate surface area is 138 Å². The Morgan fingerprint density at radius 2 is 2.00 bits per heavy atom. The van der Waals surface area contributed by atoms with Crippen LogP contribution in [-0.2, 0) is 11.2 Å². The lowest BCUT2D eigenvalue weighted by molar-refractivity contribution is -0.126. The van der Waals surface area contributed by atoms with Crippen molar-refractivity contribution in [1.82, 2.24) is 5.32 Å². The van der Waals surface area contributed by atoms with E-state index in [2.05, 4.69) is 5.32 Å². The van der Waals surface area contributed by atoms with E-state index in [0.717, 1.165) is 50.1 Å². The van der Waals surface area contributed by atoms with Crippen LogP contribution in [0.15, 0.2) is 24.3 Å². The van der Waals surface area contributed by atoms with Crippen molar-refractivity contribution in [3.8, 4) is 0 Å². The molecule has 21 heavy (non-hydrogen) atoms. The summed E-state index contributed by atoms with van der Waals surface area (Å²) < 4.78 is 0. The molecule has 1 saturated carbocycles. The van der Waals surface area contributed by atoms with Crippen LogP contribution in [0.3, 0.4) is 0 Å². The van der Waals surface area contributed by atoms with E-state index < -0.39 is 0 Å². The number of benzene rings is 1. The highest BCUT2D eigenvalue weighted by Gasteiger charge is 2.24. The van der Waals surface area contributed by atoms with Gasteiger partial charge in [-0.2, -0.15) is 0 Å². The fourth-order valence-corrected chi connectivity index (χ4v) is 2.89. The lowest BCUT2D eigenvalue weighted by Crippen LogP contribution is -2.38. The topological polar surface area (TPSA) is 55.1 Å². The Kier molecular flexibility index (Phi) is 8.09. The van der Waals surface area contributed by atoms with Gasteiger partial charge in [0.15, 0.2) is 0 Å². The van der Waals surface area contributed by atoms with Gasteiger partial charge in [-0.15, -0.1) is 12.4 Å². The van der Waals surface area contributed by atoms with Gasteiger partial charge < -0.3 is 11.1 Å². The van der Waals surface area contributed by atoms with Gasteiger partial charge in [0.2, 0.25) is 5.91 Å². The standard InChI is InChI=1S/C16H23ClN2O.ClH/c17-14-8-6-12(7-9-14)3-2-10-19-16(20)13-4-1-5-15(18)11-13;/h6-9,13,15H,1-5,10-11,18H2,(H,19,20);1H. The van der Waals surface area contributed by atoms with Gasteiger partial charge in [-0.3, -0.25) is 4.79 Å². The van der Waals surface area contributed by atoms with Crippen molar-refractivity contribution in [1.29, 1.82) is 0 Å². The molecular weight excluding hydrogens is 307 g/mol. The second-order valence-electron chi connectivity index (χ2n) is 5.64. The maximum absolute atomic E-state index is 12.0. The van der Waals surface area contributed by atoms with Gasteiger partial charge in [-0.1, -0.05) is 30.2 Å². The number of halogens is 2. The fraction of sp³-hybridized carbons (Fsp3) is 0.562. The summed E-state index contributed by atoms with van der Waals surface area (Å²) in [6.07, 6.45) is 5.86. The van der Waals surface area contributed by atoms with Crippen LogP contribution in [0.5, 0.6) is 0 Å². The first kappa shape index (κ1) is 18.3. The van der Waals surface area contributed by atoms with Crippen molar-refractivity contribution in [2.45, 2.75) is 44.6 Å². The molecule has 1 fully saturated rings. The molecule has 3 nitrogen and oxygen atoms in total. The molecule has 1 aliphatic carbocycles. The van der Waals surface area contributed by atoms with Crippen molar-refractivity contribution in [2.75, 3.05) is 6.54 Å². The third-order valence-corrected chi connectivity index (χ3v) is 4.19. The molecule has 1 amide bonds. The van der Waals surface area contributed by atoms with Crippen LogP contribution in [0.4, 0.5) is 0 Å². The van der Waals surface area contributed by atoms with Crippen molar-refractivity contribution in [3.05, 3.63) is 34.9 Å². The number of amides is 1. The quantitative estimate of drug-likeness (QED) is 0.813. The molecule has 3 N–H and O–H groups in total. The lowest BCUT2D eigenvalue weighted by atomic mass is 9.85. The van der Waals surface area contributed by atoms with Crippen molar-refractivity contribution < 1.29 is 4.79 Å². The second-order valence-corrected chi connectivity index (χ2v) is 6.08. The second kappa shape index (κ2) is 9.29. The van der Waals surface area contributed by atoms with E-state index in [-0.39, 0.29) is 30.3 Å². The summed E-state index contributed by atoms with van der Waals surface area (Å²) in [6.45, 7) is 0.729. The van der Waals surface area contributed by atoms with E-state index in [1.807, 2.05) is 24.3 Å². The van der Waals surface area contributed by atoms with E-state index in [0.29, 0.717) is 0 Å². The molecule has 2 atom stereocenters. The number of nitrogens with one attached hydrogen (secondary N) is 1. The van der Waals surface area contributed by atoms with Gasteiger partial charge in [-0.25, -0.2) is 0 Å². The van der Waals surface area contributed by atoms with E-state index in [1.54, 1.807) is 0 Å². The van der Waals surface area contributed by atoms with E-state index in [4.69, 9.17) is 17.3 Å². The minimum atomic E-state index is 0. The molecule has 0 aromatic heterocycles. The van der Waals surface area contributed by atoms with Gasteiger partial charge >= 0.3 is 0 Å². The average Bonchev–Trinajstić information content (AvgIpc) is 2.45. The molecule has 1 aliphatic rings. The highest BCUT2D eigenvalue weighted by atomic mass is 35.5. The molecule has 0 spiro atoms. The highest BCUT2D eigenvalue weighted by Crippen LogP contribution is 2.23. The first-order valence-electron chi connectivity index (χ1n) is 7.43. The molecule has 0 aliphatic heterocycles. The minimum absolute atomic E-state index is 0. The zero-order valence-corrected chi connectivity index (χ0v) is 13.8. The summed E-state index contributed by atoms with van der Waals surface area (Å²) in [5.41, 5.74) is 7.17. The van der Waals surface area contributed by atoms with Gasteiger partial charge in [0.05, 0.1) is 0 Å². The molecule has 118 valence electrons. The van der Waals surface area contributed by atoms with Crippen molar-refractivity contribution >= 4 is 29.9 Å². The molecule has 1 aromatic carbocycles. The predicted octanol–water partition coefficient (Wildman–Crippen LogP) is 3.33. The third-order valence-electron chi connectivity index (χ3n) is 3.94. The van der Waals surface area contributed by atoms with Crippen LogP contribution < -0.4 is 11.1 Å². The fourth-order valence-electron chi connectivity index (χ4n) is 2.77. The zero-order chi connectivity index (χ0) is 14.4. The van der Waals surface area contributed by atoms with E-state index >= 15 is 0 Å². The number of hydrogen-bond donors (Lipinski definition) is 2. The number of nitrogens with two attached hydrogens (primary N) is 1.